The third-order valence-corrected chi connectivity index (χ3v) is 13.1. The Morgan fingerprint density at radius 2 is 1.20 bits per heavy atom. The number of aromatic nitrogens is 12. The number of ether oxygens (including phenoxy) is 3. The summed E-state index contributed by atoms with van der Waals surface area (Å²) in [6, 6.07) is 25.0. The molecular formula is C56H51F4N17O3. The predicted molar refractivity (Wildman–Crippen MR) is 291 cm³/mol. The molecule has 2 N–H and O–H groups in total. The Labute approximate surface area is 456 Å². The lowest BCUT2D eigenvalue weighted by Crippen LogP contribution is -2.20. The number of nitrogens with zero attached hydrogens (tertiary/aromatic N) is 15. The highest BCUT2D eigenvalue weighted by Gasteiger charge is 2.31. The monoisotopic (exact) mass is 1090 g/mol. The van der Waals surface area contributed by atoms with Crippen LogP contribution in [0.4, 0.5) is 57.6 Å². The van der Waals surface area contributed by atoms with E-state index in [4.69, 9.17) is 32.3 Å². The first-order valence-electron chi connectivity index (χ1n) is 25.2. The summed E-state index contributed by atoms with van der Waals surface area (Å²) in [7, 11) is 6.71. The highest BCUT2D eigenvalue weighted by Crippen LogP contribution is 2.43. The molecule has 0 saturated carbocycles. The number of halogens is 4. The third-order valence-electron chi connectivity index (χ3n) is 13.1. The first kappa shape index (κ1) is 53.7. The molecule has 0 amide bonds. The minimum absolute atomic E-state index is 0.0412. The van der Waals surface area contributed by atoms with Gasteiger partial charge in [-0.3, -0.25) is 9.55 Å². The molecule has 1 unspecified atom stereocenters. The van der Waals surface area contributed by atoms with Crippen LogP contribution in [-0.4, -0.2) is 92.0 Å². The lowest BCUT2D eigenvalue weighted by Gasteiger charge is -2.25. The average molecular weight is 1090 g/mol. The van der Waals surface area contributed by atoms with E-state index in [-0.39, 0.29) is 41.4 Å². The van der Waals surface area contributed by atoms with E-state index in [0.29, 0.717) is 117 Å². The van der Waals surface area contributed by atoms with Crippen molar-refractivity contribution in [3.8, 4) is 34.3 Å². The predicted octanol–water partition coefficient (Wildman–Crippen LogP) is 11.8. The van der Waals surface area contributed by atoms with Crippen molar-refractivity contribution in [2.75, 3.05) is 31.5 Å². The normalized spacial score (nSPS) is 13.8. The van der Waals surface area contributed by atoms with Crippen molar-refractivity contribution in [2.45, 2.75) is 71.5 Å². The second-order valence-electron chi connectivity index (χ2n) is 18.6. The summed E-state index contributed by atoms with van der Waals surface area (Å²) in [6.07, 6.45) is -3.31. The minimum Gasteiger partial charge on any atom is -0.494 e. The van der Waals surface area contributed by atoms with Gasteiger partial charge < -0.3 is 34.5 Å². The van der Waals surface area contributed by atoms with Crippen LogP contribution in [0.15, 0.2) is 89.9 Å². The Bertz CT molecular complexity index is 3910. The fraction of sp³-hybridized carbons (Fsp3) is 0.286. The molecule has 11 rings (SSSR count). The van der Waals surface area contributed by atoms with E-state index in [1.54, 1.807) is 93.1 Å². The molecule has 24 heteroatoms. The van der Waals surface area contributed by atoms with Crippen molar-refractivity contribution in [3.63, 3.8) is 0 Å². The van der Waals surface area contributed by atoms with E-state index in [2.05, 4.69) is 65.4 Å². The highest BCUT2D eigenvalue weighted by atomic mass is 19.3. The second kappa shape index (κ2) is 23.1. The number of methoxy groups -OCH3 is 2. The number of rotatable bonds is 15. The standard InChI is InChI=1S/C30H29F2N9O2.C26H22F2N8O/c1-17-34-28(40(3)39-17)20-10-8-11-21(26(20)42-4)37-22-16-19(15-18-9-7-12-23(33-2)35-18)36-29-25(22)38-30(27(31)32)41(29)24-13-5-6-14-43-24;1-14-30-26(36(3)35-14)17-8-6-9-18(24(17)37-4)33-19-12-16(11-15-7-5-10-22(29-2)32-15)31-20-13-21(25(27)28)34-23(19)20/h7-12,16,24,27H,5-6,13-15H2,1,3-4H3,(H,36,37);5-10,12,25H,11,13H2,1,3-4H3,(H,31,33). The molecule has 1 saturated heterocycles. The van der Waals surface area contributed by atoms with Crippen molar-refractivity contribution in [1.82, 2.24) is 59.0 Å². The molecule has 1 atom stereocenters. The van der Waals surface area contributed by atoms with E-state index >= 15 is 0 Å². The lowest BCUT2D eigenvalue weighted by atomic mass is 10.1. The van der Waals surface area contributed by atoms with E-state index in [1.165, 1.54) is 4.57 Å². The van der Waals surface area contributed by atoms with Crippen molar-refractivity contribution in [1.29, 1.82) is 0 Å². The Morgan fingerprint density at radius 1 is 0.650 bits per heavy atom. The van der Waals surface area contributed by atoms with Crippen LogP contribution >= 0.6 is 0 Å². The zero-order valence-corrected chi connectivity index (χ0v) is 44.2. The number of pyridine rings is 4. The van der Waals surface area contributed by atoms with Gasteiger partial charge >= 0.3 is 0 Å². The molecule has 0 radical (unpaired) electrons. The summed E-state index contributed by atoms with van der Waals surface area (Å²) >= 11 is 0. The summed E-state index contributed by atoms with van der Waals surface area (Å²) in [5.41, 5.74) is 7.17. The molecular weight excluding hydrogens is 1030 g/mol. The average Bonchev–Trinajstić information content (AvgIpc) is 4.26. The van der Waals surface area contributed by atoms with Crippen LogP contribution in [0, 0.1) is 27.0 Å². The summed E-state index contributed by atoms with van der Waals surface area (Å²) < 4.78 is 78.2. The van der Waals surface area contributed by atoms with Gasteiger partial charge in [-0.05, 0) is 93.8 Å². The number of nitrogens with one attached hydrogen (secondary N) is 2. The van der Waals surface area contributed by atoms with E-state index in [1.807, 2.05) is 43.3 Å². The van der Waals surface area contributed by atoms with Gasteiger partial charge in [-0.15, -0.1) is 9.97 Å². The maximum absolute atomic E-state index is 14.4. The molecule has 2 aliphatic rings. The van der Waals surface area contributed by atoms with Gasteiger partial charge in [-0.1, -0.05) is 37.4 Å². The third kappa shape index (κ3) is 11.2. The van der Waals surface area contributed by atoms with Crippen molar-refractivity contribution in [3.05, 3.63) is 154 Å². The van der Waals surface area contributed by atoms with Crippen LogP contribution in [-0.2, 0) is 38.1 Å². The minimum atomic E-state index is -2.84. The molecule has 80 heavy (non-hydrogen) atoms. The van der Waals surface area contributed by atoms with Crippen LogP contribution in [0.3, 0.4) is 0 Å². The number of aliphatic imine (C=N–C) groups is 1. The Kier molecular flexibility index (Phi) is 15.5. The van der Waals surface area contributed by atoms with E-state index in [9.17, 15) is 17.6 Å². The lowest BCUT2D eigenvalue weighted by molar-refractivity contribution is -0.0363. The van der Waals surface area contributed by atoms with Crippen LogP contribution in [0.2, 0.25) is 0 Å². The summed E-state index contributed by atoms with van der Waals surface area (Å²) in [6.45, 7) is 18.6. The molecule has 7 aromatic heterocycles. The number of hydrogen-bond acceptors (Lipinski definition) is 15. The van der Waals surface area contributed by atoms with Gasteiger partial charge in [0.05, 0.1) is 83.7 Å². The van der Waals surface area contributed by atoms with Gasteiger partial charge in [0.1, 0.15) is 40.5 Å². The molecule has 2 aromatic carbocycles. The first-order valence-corrected chi connectivity index (χ1v) is 25.2. The molecule has 0 bridgehead atoms. The van der Waals surface area contributed by atoms with Gasteiger partial charge in [0.2, 0.25) is 0 Å². The SMILES string of the molecule is [C-]#[N+]c1cccc(Cc2cc(Nc3cccc(-c4nc(C)nn4C)c3OC)c3c(n2)CC(C(F)F)=N3)n1.[C-]#[N+]c1cccc(Cc2cc(Nc3cccc(-c4nc(C)nn4C)c3OC)c3nc(C(F)F)n(C4CCCCO4)c3n2)n1. The maximum atomic E-state index is 14.4. The smallest absolute Gasteiger partial charge is 0.295 e. The number of imidazole rings is 1. The van der Waals surface area contributed by atoms with E-state index < -0.39 is 24.9 Å². The number of para-hydroxylation sites is 2. The van der Waals surface area contributed by atoms with E-state index in [0.717, 1.165) is 18.4 Å². The Balaban J connectivity index is 0.000000182. The molecule has 20 nitrogen and oxygen atoms in total. The van der Waals surface area contributed by atoms with Crippen LogP contribution in [0.1, 0.15) is 77.9 Å². The first-order chi connectivity index (χ1) is 38.7. The van der Waals surface area contributed by atoms with Gasteiger partial charge in [-0.2, -0.15) is 10.2 Å². The summed E-state index contributed by atoms with van der Waals surface area (Å²) in [4.78, 5) is 42.6. The van der Waals surface area contributed by atoms with Crippen molar-refractivity contribution < 1.29 is 31.8 Å². The zero-order chi connectivity index (χ0) is 56.2. The Morgan fingerprint density at radius 3 is 1.70 bits per heavy atom. The molecule has 406 valence electrons. The van der Waals surface area contributed by atoms with Crippen molar-refractivity contribution in [2.24, 2.45) is 19.1 Å². The topological polar surface area (TPSA) is 204 Å². The number of aryl methyl sites for hydroxylation is 4. The maximum Gasteiger partial charge on any atom is 0.295 e. The fourth-order valence-corrected chi connectivity index (χ4v) is 9.72. The second-order valence-corrected chi connectivity index (χ2v) is 18.6. The number of fused-ring (bicyclic) bond motifs is 2. The van der Waals surface area contributed by atoms with Crippen molar-refractivity contribution >= 4 is 56.9 Å². The molecule has 1 fully saturated rings. The Hall–Kier alpha value is -9.68. The zero-order valence-electron chi connectivity index (χ0n) is 44.2. The van der Waals surface area contributed by atoms with Gasteiger partial charge in [0.15, 0.2) is 34.6 Å². The number of benzene rings is 2. The number of alkyl halides is 4. The largest absolute Gasteiger partial charge is 0.494 e. The van der Waals surface area contributed by atoms with Gasteiger partial charge in [0.25, 0.3) is 24.5 Å². The summed E-state index contributed by atoms with van der Waals surface area (Å²) in [5.74, 6) is 3.64. The molecule has 9 heterocycles. The van der Waals surface area contributed by atoms with Gasteiger partial charge in [-0.25, -0.2) is 51.9 Å². The van der Waals surface area contributed by atoms with Crippen LogP contribution in [0.5, 0.6) is 11.5 Å². The number of hydrogen-bond donors (Lipinski definition) is 2. The highest BCUT2D eigenvalue weighted by molar-refractivity contribution is 5.99. The molecule has 0 aliphatic carbocycles. The quantitative estimate of drug-likeness (QED) is 0.0724. The summed E-state index contributed by atoms with van der Waals surface area (Å²) in [5, 5.41) is 15.4. The van der Waals surface area contributed by atoms with Gasteiger partial charge in [0, 0.05) is 27.1 Å². The number of anilines is 4. The van der Waals surface area contributed by atoms with Crippen LogP contribution in [0.25, 0.3) is 43.6 Å². The van der Waals surface area contributed by atoms with Crippen LogP contribution < -0.4 is 20.1 Å². The molecule has 2 aliphatic heterocycles. The fourth-order valence-electron chi connectivity index (χ4n) is 9.72. The molecule has 0 spiro atoms. The molecule has 9 aromatic rings.